The van der Waals surface area contributed by atoms with E-state index < -0.39 is 18.7 Å². The first-order chi connectivity index (χ1) is 15.6. The number of aromatic nitrogens is 5. The van der Waals surface area contributed by atoms with Gasteiger partial charge in [0, 0.05) is 28.6 Å². The van der Waals surface area contributed by atoms with Crippen LogP contribution >= 0.6 is 11.3 Å². The monoisotopic (exact) mass is 479 g/mol. The number of carbonyl (C=O) groups is 1. The zero-order chi connectivity index (χ0) is 23.9. The number of alkyl halides is 3. The van der Waals surface area contributed by atoms with E-state index in [9.17, 15) is 18.0 Å². The van der Waals surface area contributed by atoms with Crippen LogP contribution in [0.15, 0.2) is 24.5 Å². The van der Waals surface area contributed by atoms with Gasteiger partial charge in [-0.05, 0) is 32.9 Å². The average molecular weight is 479 g/mol. The van der Waals surface area contributed by atoms with Gasteiger partial charge >= 0.3 is 12.1 Å². The van der Waals surface area contributed by atoms with Crippen LogP contribution in [0.5, 0.6) is 5.88 Å². The van der Waals surface area contributed by atoms with Crippen LogP contribution in [0, 0.1) is 13.8 Å². The minimum Gasteiger partial charge on any atom is -0.480 e. The molecule has 0 spiro atoms. The van der Waals surface area contributed by atoms with Crippen LogP contribution in [0.1, 0.15) is 28.0 Å². The van der Waals surface area contributed by atoms with Crippen LogP contribution < -0.4 is 4.74 Å². The van der Waals surface area contributed by atoms with Crippen molar-refractivity contribution in [1.82, 2.24) is 24.4 Å². The van der Waals surface area contributed by atoms with Crippen molar-refractivity contribution in [3.8, 4) is 27.6 Å². The fourth-order valence-electron chi connectivity index (χ4n) is 3.61. The van der Waals surface area contributed by atoms with Crippen molar-refractivity contribution in [2.45, 2.75) is 33.5 Å². The molecule has 8 nitrogen and oxygen atoms in total. The minimum absolute atomic E-state index is 0.169. The second kappa shape index (κ2) is 8.50. The second-order valence-electron chi connectivity index (χ2n) is 7.20. The molecule has 4 rings (SSSR count). The number of pyridine rings is 1. The zero-order valence-electron chi connectivity index (χ0n) is 18.2. The number of carbonyl (C=O) groups excluding carboxylic acids is 1. The van der Waals surface area contributed by atoms with Crippen molar-refractivity contribution in [2.24, 2.45) is 0 Å². The molecule has 4 aromatic rings. The van der Waals surface area contributed by atoms with Gasteiger partial charge < -0.3 is 9.47 Å². The van der Waals surface area contributed by atoms with Gasteiger partial charge in [-0.25, -0.2) is 14.3 Å². The average Bonchev–Trinajstić information content (AvgIpc) is 3.43. The predicted octanol–water partition coefficient (Wildman–Crippen LogP) is 4.69. The summed E-state index contributed by atoms with van der Waals surface area (Å²) in [5.74, 6) is -0.352. The summed E-state index contributed by atoms with van der Waals surface area (Å²) in [6.07, 6.45) is -1.06. The van der Waals surface area contributed by atoms with Crippen LogP contribution in [0.4, 0.5) is 13.2 Å². The predicted molar refractivity (Wildman–Crippen MR) is 116 cm³/mol. The maximum absolute atomic E-state index is 12.9. The topological polar surface area (TPSA) is 83.5 Å². The van der Waals surface area contributed by atoms with Crippen molar-refractivity contribution < 1.29 is 27.4 Å². The van der Waals surface area contributed by atoms with Crippen LogP contribution in [-0.2, 0) is 11.3 Å². The molecular weight excluding hydrogens is 459 g/mol. The quantitative estimate of drug-likeness (QED) is 0.373. The van der Waals surface area contributed by atoms with Crippen LogP contribution in [0.2, 0.25) is 0 Å². The molecule has 0 unspecified atom stereocenters. The number of halogens is 3. The Bertz CT molecular complexity index is 1340. The Morgan fingerprint density at radius 1 is 1.27 bits per heavy atom. The van der Waals surface area contributed by atoms with Crippen molar-refractivity contribution >= 4 is 22.8 Å². The molecule has 174 valence electrons. The third kappa shape index (κ3) is 4.30. The lowest BCUT2D eigenvalue weighted by Gasteiger charge is -2.08. The number of ether oxygens (including phenoxy) is 2. The molecule has 0 saturated carbocycles. The van der Waals surface area contributed by atoms with Gasteiger partial charge in [0.05, 0.1) is 31.1 Å². The number of esters is 1. The summed E-state index contributed by atoms with van der Waals surface area (Å²) in [7, 11) is 1.42. The SMILES string of the molecule is CCOC(=O)c1sc(-c2ccn3ncc(-c4c(C)nn(CC(F)(F)F)c4C)c3c2)nc1OC. The highest BCUT2D eigenvalue weighted by molar-refractivity contribution is 7.17. The fraction of sp³-hybridized carbons (Fsp3) is 0.333. The van der Waals surface area contributed by atoms with Crippen molar-refractivity contribution in [1.29, 1.82) is 0 Å². The number of hydrogen-bond acceptors (Lipinski definition) is 7. The van der Waals surface area contributed by atoms with E-state index in [2.05, 4.69) is 15.2 Å². The molecular formula is C21H20F3N5O3S. The molecule has 0 saturated heterocycles. The molecule has 0 atom stereocenters. The van der Waals surface area contributed by atoms with Crippen LogP contribution in [0.25, 0.3) is 27.2 Å². The Morgan fingerprint density at radius 2 is 2.03 bits per heavy atom. The zero-order valence-corrected chi connectivity index (χ0v) is 19.0. The van der Waals surface area contributed by atoms with Crippen molar-refractivity contribution in [3.63, 3.8) is 0 Å². The molecule has 0 fully saturated rings. The standard InChI is InChI=1S/C21H20F3N5O3S/c1-5-32-20(30)17-18(31-4)26-19(33-17)13-6-7-28-15(8-13)14(9-25-28)16-11(2)27-29(12(16)3)10-21(22,23)24/h6-9H,5,10H2,1-4H3. The third-order valence-electron chi connectivity index (χ3n) is 5.00. The largest absolute Gasteiger partial charge is 0.480 e. The Balaban J connectivity index is 1.80. The van der Waals surface area contributed by atoms with E-state index in [0.717, 1.165) is 16.0 Å². The molecule has 0 aliphatic rings. The first kappa shape index (κ1) is 22.8. The highest BCUT2D eigenvalue weighted by Crippen LogP contribution is 2.36. The van der Waals surface area contributed by atoms with Gasteiger partial charge in [0.2, 0.25) is 5.88 Å². The molecule has 0 aliphatic heterocycles. The molecule has 4 heterocycles. The molecule has 4 aromatic heterocycles. The van der Waals surface area contributed by atoms with E-state index >= 15 is 0 Å². The smallest absolute Gasteiger partial charge is 0.408 e. The molecule has 0 N–H and O–H groups in total. The molecule has 12 heteroatoms. The van der Waals surface area contributed by atoms with Gasteiger partial charge in [0.25, 0.3) is 0 Å². The maximum atomic E-state index is 12.9. The van der Waals surface area contributed by atoms with E-state index in [1.54, 1.807) is 43.7 Å². The lowest BCUT2D eigenvalue weighted by molar-refractivity contribution is -0.142. The highest BCUT2D eigenvalue weighted by atomic mass is 32.1. The lowest BCUT2D eigenvalue weighted by atomic mass is 10.0. The van der Waals surface area contributed by atoms with E-state index in [0.29, 0.717) is 38.6 Å². The summed E-state index contributed by atoms with van der Waals surface area (Å²) < 4.78 is 51.7. The lowest BCUT2D eigenvalue weighted by Crippen LogP contribution is -2.19. The Morgan fingerprint density at radius 3 is 2.70 bits per heavy atom. The number of aryl methyl sites for hydroxylation is 1. The first-order valence-electron chi connectivity index (χ1n) is 9.93. The van der Waals surface area contributed by atoms with Gasteiger partial charge in [0.1, 0.15) is 11.6 Å². The minimum atomic E-state index is -4.38. The number of hydrogen-bond donors (Lipinski definition) is 0. The molecule has 0 bridgehead atoms. The molecule has 0 aliphatic carbocycles. The maximum Gasteiger partial charge on any atom is 0.408 e. The first-order valence-corrected chi connectivity index (χ1v) is 10.8. The summed E-state index contributed by atoms with van der Waals surface area (Å²) in [5.41, 5.74) is 3.46. The van der Waals surface area contributed by atoms with Crippen LogP contribution in [0.3, 0.4) is 0 Å². The Labute approximate surface area is 190 Å². The van der Waals surface area contributed by atoms with Gasteiger partial charge in [-0.15, -0.1) is 11.3 Å². The molecule has 33 heavy (non-hydrogen) atoms. The summed E-state index contributed by atoms with van der Waals surface area (Å²) in [4.78, 5) is 16.9. The molecule has 0 radical (unpaired) electrons. The third-order valence-corrected chi connectivity index (χ3v) is 6.06. The summed E-state index contributed by atoms with van der Waals surface area (Å²) in [6, 6.07) is 3.60. The van der Waals surface area contributed by atoms with Gasteiger partial charge in [0.15, 0.2) is 4.88 Å². The Hall–Kier alpha value is -3.41. The van der Waals surface area contributed by atoms with E-state index in [4.69, 9.17) is 9.47 Å². The number of nitrogens with zero attached hydrogens (tertiary/aromatic N) is 5. The molecule has 0 aromatic carbocycles. The Kier molecular flexibility index (Phi) is 5.87. The van der Waals surface area contributed by atoms with E-state index in [1.807, 2.05) is 6.07 Å². The summed E-state index contributed by atoms with van der Waals surface area (Å²) >= 11 is 1.13. The van der Waals surface area contributed by atoms with Gasteiger partial charge in [-0.2, -0.15) is 23.4 Å². The van der Waals surface area contributed by atoms with Gasteiger partial charge in [-0.3, -0.25) is 4.68 Å². The number of methoxy groups -OCH3 is 1. The summed E-state index contributed by atoms with van der Waals surface area (Å²) in [5, 5.41) is 8.95. The number of thiazole rings is 1. The second-order valence-corrected chi connectivity index (χ2v) is 8.20. The summed E-state index contributed by atoms with van der Waals surface area (Å²) in [6.45, 7) is 4.04. The van der Waals surface area contributed by atoms with E-state index in [-0.39, 0.29) is 17.4 Å². The van der Waals surface area contributed by atoms with E-state index in [1.165, 1.54) is 7.11 Å². The number of fused-ring (bicyclic) bond motifs is 1. The van der Waals surface area contributed by atoms with Crippen LogP contribution in [-0.4, -0.2) is 50.2 Å². The molecule has 0 amide bonds. The highest BCUT2D eigenvalue weighted by Gasteiger charge is 2.30. The fourth-order valence-corrected chi connectivity index (χ4v) is 4.54. The number of rotatable bonds is 6. The van der Waals surface area contributed by atoms with Crippen molar-refractivity contribution in [2.75, 3.05) is 13.7 Å². The normalized spacial score (nSPS) is 11.8. The van der Waals surface area contributed by atoms with Gasteiger partial charge in [-0.1, -0.05) is 0 Å². The van der Waals surface area contributed by atoms with Crippen molar-refractivity contribution in [3.05, 3.63) is 40.8 Å².